The van der Waals surface area contributed by atoms with Crippen molar-refractivity contribution in [3.63, 3.8) is 0 Å². The van der Waals surface area contributed by atoms with Crippen molar-refractivity contribution in [1.82, 2.24) is 0 Å². The standard InChI is InChI=1S/2C9H8O2.Ni/c2*1-2-7-5-3-4-6-8(7)9(10)11;/h2*2-6H,1H2,(H,10,11);. The van der Waals surface area contributed by atoms with E-state index in [2.05, 4.69) is 13.2 Å². The van der Waals surface area contributed by atoms with E-state index in [-0.39, 0.29) is 16.5 Å². The van der Waals surface area contributed by atoms with Crippen LogP contribution in [-0.2, 0) is 16.5 Å². The van der Waals surface area contributed by atoms with Gasteiger partial charge in [0.1, 0.15) is 0 Å². The molecule has 2 N–H and O–H groups in total. The van der Waals surface area contributed by atoms with E-state index >= 15 is 0 Å². The van der Waals surface area contributed by atoms with E-state index in [1.54, 1.807) is 48.5 Å². The Morgan fingerprint density at radius 2 is 1.04 bits per heavy atom. The number of carboxylic acids is 2. The Bertz CT molecular complexity index is 646. The largest absolute Gasteiger partial charge is 0.478 e. The van der Waals surface area contributed by atoms with Crippen LogP contribution in [-0.4, -0.2) is 22.2 Å². The van der Waals surface area contributed by atoms with Crippen LogP contribution in [0.15, 0.2) is 61.7 Å². The van der Waals surface area contributed by atoms with Gasteiger partial charge in [0.15, 0.2) is 0 Å². The summed E-state index contributed by atoms with van der Waals surface area (Å²) in [4.78, 5) is 21.1. The zero-order valence-electron chi connectivity index (χ0n) is 12.2. The van der Waals surface area contributed by atoms with Crippen LogP contribution in [0, 0.1) is 0 Å². The van der Waals surface area contributed by atoms with E-state index in [0.717, 1.165) is 0 Å². The fourth-order valence-corrected chi connectivity index (χ4v) is 1.74. The van der Waals surface area contributed by atoms with Crippen LogP contribution in [0.4, 0.5) is 0 Å². The molecule has 0 saturated heterocycles. The molecule has 0 amide bonds. The van der Waals surface area contributed by atoms with Gasteiger partial charge in [-0.15, -0.1) is 0 Å². The minimum Gasteiger partial charge on any atom is -0.478 e. The summed E-state index contributed by atoms with van der Waals surface area (Å²) in [5.74, 6) is -1.83. The second-order valence-corrected chi connectivity index (χ2v) is 4.19. The molecule has 0 aliphatic heterocycles. The summed E-state index contributed by atoms with van der Waals surface area (Å²) in [7, 11) is 0. The Morgan fingerprint density at radius 1 is 0.739 bits per heavy atom. The average molecular weight is 355 g/mol. The molecule has 0 bridgehead atoms. The van der Waals surface area contributed by atoms with Crippen LogP contribution in [0.1, 0.15) is 31.8 Å². The molecule has 0 aliphatic rings. The molecule has 0 saturated carbocycles. The quantitative estimate of drug-likeness (QED) is 0.812. The number of hydrogen-bond donors (Lipinski definition) is 2. The summed E-state index contributed by atoms with van der Waals surface area (Å²) in [6.07, 6.45) is 3.06. The molecular formula is C18H16NiO4. The van der Waals surface area contributed by atoms with E-state index in [0.29, 0.717) is 22.3 Å². The third kappa shape index (κ3) is 5.93. The predicted octanol–water partition coefficient (Wildman–Crippen LogP) is 4.05. The van der Waals surface area contributed by atoms with Crippen molar-refractivity contribution in [2.24, 2.45) is 0 Å². The minimum atomic E-state index is -0.916. The van der Waals surface area contributed by atoms with Gasteiger partial charge < -0.3 is 10.2 Å². The molecule has 0 aromatic heterocycles. The van der Waals surface area contributed by atoms with E-state index in [4.69, 9.17) is 10.2 Å². The third-order valence-corrected chi connectivity index (χ3v) is 2.82. The molecule has 0 fully saturated rings. The van der Waals surface area contributed by atoms with Gasteiger partial charge in [0.05, 0.1) is 11.1 Å². The molecular weight excluding hydrogens is 339 g/mol. The topological polar surface area (TPSA) is 74.6 Å². The normalized spacial score (nSPS) is 8.70. The number of hydrogen-bond acceptors (Lipinski definition) is 2. The number of carboxylic acid groups (broad SMARTS) is 2. The van der Waals surface area contributed by atoms with Crippen LogP contribution in [0.25, 0.3) is 12.2 Å². The molecule has 5 heteroatoms. The zero-order chi connectivity index (χ0) is 16.5. The Kier molecular flexibility index (Phi) is 8.97. The molecule has 23 heavy (non-hydrogen) atoms. The fraction of sp³-hybridized carbons (Fsp3) is 0. The second-order valence-electron chi connectivity index (χ2n) is 4.19. The van der Waals surface area contributed by atoms with Crippen LogP contribution in [0.3, 0.4) is 0 Å². The van der Waals surface area contributed by atoms with Gasteiger partial charge in [-0.05, 0) is 23.3 Å². The van der Waals surface area contributed by atoms with E-state index in [1.807, 2.05) is 0 Å². The van der Waals surface area contributed by atoms with E-state index < -0.39 is 11.9 Å². The van der Waals surface area contributed by atoms with Gasteiger partial charge in [-0.25, -0.2) is 9.59 Å². The molecule has 4 nitrogen and oxygen atoms in total. The Labute approximate surface area is 144 Å². The van der Waals surface area contributed by atoms with E-state index in [1.165, 1.54) is 12.2 Å². The van der Waals surface area contributed by atoms with Crippen LogP contribution in [0.5, 0.6) is 0 Å². The number of rotatable bonds is 4. The van der Waals surface area contributed by atoms with Gasteiger partial charge in [-0.1, -0.05) is 61.7 Å². The molecule has 0 spiro atoms. The van der Waals surface area contributed by atoms with Gasteiger partial charge in [0, 0.05) is 16.5 Å². The number of benzene rings is 2. The zero-order valence-corrected chi connectivity index (χ0v) is 13.2. The molecule has 2 aromatic rings. The Balaban J connectivity index is 0.000000403. The SMILES string of the molecule is C=Cc1ccccc1C(=O)O.C=Cc1ccccc1C(=O)O.[Ni]. The van der Waals surface area contributed by atoms with Crippen molar-refractivity contribution in [2.45, 2.75) is 0 Å². The molecule has 0 aliphatic carbocycles. The van der Waals surface area contributed by atoms with Gasteiger partial charge in [-0.2, -0.15) is 0 Å². The third-order valence-electron chi connectivity index (χ3n) is 2.82. The van der Waals surface area contributed by atoms with Crippen molar-refractivity contribution in [1.29, 1.82) is 0 Å². The van der Waals surface area contributed by atoms with Crippen LogP contribution >= 0.6 is 0 Å². The number of carbonyl (C=O) groups is 2. The summed E-state index contributed by atoms with van der Waals surface area (Å²) >= 11 is 0. The molecule has 122 valence electrons. The summed E-state index contributed by atoms with van der Waals surface area (Å²) in [5, 5.41) is 17.3. The Hall–Kier alpha value is -2.65. The first-order chi connectivity index (χ1) is 10.5. The molecule has 2 rings (SSSR count). The van der Waals surface area contributed by atoms with Gasteiger partial charge >= 0.3 is 11.9 Å². The monoisotopic (exact) mass is 354 g/mol. The van der Waals surface area contributed by atoms with E-state index in [9.17, 15) is 9.59 Å². The van der Waals surface area contributed by atoms with Gasteiger partial charge in [0.25, 0.3) is 0 Å². The average Bonchev–Trinajstić information content (AvgIpc) is 2.55. The maximum absolute atomic E-state index is 10.5. The minimum absolute atomic E-state index is 0. The fourth-order valence-electron chi connectivity index (χ4n) is 1.74. The smallest absolute Gasteiger partial charge is 0.336 e. The molecule has 0 heterocycles. The first kappa shape index (κ1) is 20.4. The van der Waals surface area contributed by atoms with Gasteiger partial charge in [0.2, 0.25) is 0 Å². The second kappa shape index (κ2) is 10.1. The maximum atomic E-state index is 10.5. The molecule has 2 aromatic carbocycles. The first-order valence-corrected chi connectivity index (χ1v) is 6.40. The first-order valence-electron chi connectivity index (χ1n) is 6.40. The number of aromatic carboxylic acids is 2. The summed E-state index contributed by atoms with van der Waals surface area (Å²) in [6, 6.07) is 13.5. The van der Waals surface area contributed by atoms with Crippen molar-refractivity contribution in [3.8, 4) is 0 Å². The molecule has 0 unspecified atom stereocenters. The van der Waals surface area contributed by atoms with Crippen molar-refractivity contribution in [2.75, 3.05) is 0 Å². The molecule has 0 atom stereocenters. The maximum Gasteiger partial charge on any atom is 0.336 e. The van der Waals surface area contributed by atoms with Crippen molar-refractivity contribution >= 4 is 24.1 Å². The molecule has 0 radical (unpaired) electrons. The summed E-state index contributed by atoms with van der Waals surface area (Å²) < 4.78 is 0. The Morgan fingerprint density at radius 3 is 1.26 bits per heavy atom. The predicted molar refractivity (Wildman–Crippen MR) is 87.0 cm³/mol. The van der Waals surface area contributed by atoms with Crippen LogP contribution < -0.4 is 0 Å². The summed E-state index contributed by atoms with van der Waals surface area (Å²) in [5.41, 5.74) is 1.89. The van der Waals surface area contributed by atoms with Gasteiger partial charge in [-0.3, -0.25) is 0 Å². The van der Waals surface area contributed by atoms with Crippen molar-refractivity contribution < 1.29 is 36.3 Å². The summed E-state index contributed by atoms with van der Waals surface area (Å²) in [6.45, 7) is 7.02. The van der Waals surface area contributed by atoms with Crippen LogP contribution in [0.2, 0.25) is 0 Å². The van der Waals surface area contributed by atoms with Crippen molar-refractivity contribution in [3.05, 3.63) is 83.9 Å².